The molecule has 2 rings (SSSR count). The van der Waals surface area contributed by atoms with E-state index in [-0.39, 0.29) is 6.10 Å². The van der Waals surface area contributed by atoms with Gasteiger partial charge in [-0.05, 0) is 17.5 Å². The Bertz CT molecular complexity index is 508. The summed E-state index contributed by atoms with van der Waals surface area (Å²) in [5.74, 6) is 1.30. The predicted octanol–water partition coefficient (Wildman–Crippen LogP) is 3.72. The van der Waals surface area contributed by atoms with E-state index >= 15 is 0 Å². The van der Waals surface area contributed by atoms with Gasteiger partial charge in [-0.3, -0.25) is 0 Å². The molecule has 2 heteroatoms. The van der Waals surface area contributed by atoms with Crippen molar-refractivity contribution in [2.75, 3.05) is 6.54 Å². The van der Waals surface area contributed by atoms with E-state index in [1.807, 2.05) is 36.4 Å². The minimum Gasteiger partial charge on any atom is -0.488 e. The molecule has 1 unspecified atom stereocenters. The average molecular weight is 255 g/mol. The molecule has 0 aliphatic carbocycles. The second-order valence-electron chi connectivity index (χ2n) is 5.00. The molecule has 100 valence electrons. The highest BCUT2D eigenvalue weighted by molar-refractivity contribution is 5.70. The van der Waals surface area contributed by atoms with Crippen molar-refractivity contribution < 1.29 is 4.74 Å². The third kappa shape index (κ3) is 3.36. The minimum absolute atomic E-state index is 0.0462. The summed E-state index contributed by atoms with van der Waals surface area (Å²) in [6, 6.07) is 18.4. The number of benzene rings is 2. The van der Waals surface area contributed by atoms with Crippen molar-refractivity contribution >= 4 is 0 Å². The molecule has 0 radical (unpaired) electrons. The largest absolute Gasteiger partial charge is 0.488 e. The molecule has 2 nitrogen and oxygen atoms in total. The molecule has 1 atom stereocenters. The number of hydrogen-bond donors (Lipinski definition) is 1. The van der Waals surface area contributed by atoms with Crippen LogP contribution in [0.2, 0.25) is 0 Å². The summed E-state index contributed by atoms with van der Waals surface area (Å²) < 4.78 is 6.09. The van der Waals surface area contributed by atoms with E-state index in [1.165, 1.54) is 0 Å². The van der Waals surface area contributed by atoms with Gasteiger partial charge in [0.1, 0.15) is 11.9 Å². The van der Waals surface area contributed by atoms with Crippen molar-refractivity contribution in [1.29, 1.82) is 0 Å². The van der Waals surface area contributed by atoms with Crippen LogP contribution in [0.1, 0.15) is 13.8 Å². The van der Waals surface area contributed by atoms with Gasteiger partial charge in [0.25, 0.3) is 0 Å². The van der Waals surface area contributed by atoms with E-state index in [0.717, 1.165) is 16.9 Å². The number of nitrogens with two attached hydrogens (primary N) is 1. The van der Waals surface area contributed by atoms with Crippen LogP contribution >= 0.6 is 0 Å². The third-order valence-corrected chi connectivity index (χ3v) is 3.23. The van der Waals surface area contributed by atoms with E-state index in [9.17, 15) is 0 Å². The zero-order valence-corrected chi connectivity index (χ0v) is 11.5. The lowest BCUT2D eigenvalue weighted by Crippen LogP contribution is -2.31. The summed E-state index contributed by atoms with van der Waals surface area (Å²) in [5, 5.41) is 0. The van der Waals surface area contributed by atoms with Gasteiger partial charge in [0, 0.05) is 12.1 Å². The molecule has 2 aromatic carbocycles. The summed E-state index contributed by atoms with van der Waals surface area (Å²) in [7, 11) is 0. The molecule has 0 bridgehead atoms. The highest BCUT2D eigenvalue weighted by atomic mass is 16.5. The number of rotatable bonds is 5. The highest BCUT2D eigenvalue weighted by Gasteiger charge is 2.15. The molecule has 0 aliphatic rings. The van der Waals surface area contributed by atoms with Gasteiger partial charge in [0.15, 0.2) is 0 Å². The van der Waals surface area contributed by atoms with Crippen LogP contribution in [0.5, 0.6) is 5.75 Å². The van der Waals surface area contributed by atoms with Crippen LogP contribution in [0.15, 0.2) is 54.6 Å². The van der Waals surface area contributed by atoms with Gasteiger partial charge in [-0.25, -0.2) is 0 Å². The fraction of sp³-hybridized carbons (Fsp3) is 0.294. The Morgan fingerprint density at radius 1 is 0.947 bits per heavy atom. The van der Waals surface area contributed by atoms with Gasteiger partial charge in [-0.1, -0.05) is 62.4 Å². The molecule has 0 amide bonds. The Labute approximate surface area is 115 Å². The highest BCUT2D eigenvalue weighted by Crippen LogP contribution is 2.30. The van der Waals surface area contributed by atoms with Gasteiger partial charge in [-0.15, -0.1) is 0 Å². The fourth-order valence-electron chi connectivity index (χ4n) is 2.05. The van der Waals surface area contributed by atoms with Gasteiger partial charge in [0.2, 0.25) is 0 Å². The molecule has 19 heavy (non-hydrogen) atoms. The number of para-hydroxylation sites is 1. The molecule has 0 aromatic heterocycles. The van der Waals surface area contributed by atoms with Crippen LogP contribution in [-0.2, 0) is 0 Å². The first-order chi connectivity index (χ1) is 9.22. The lowest BCUT2D eigenvalue weighted by Gasteiger charge is -2.22. The zero-order chi connectivity index (χ0) is 13.7. The van der Waals surface area contributed by atoms with Crippen molar-refractivity contribution in [1.82, 2.24) is 0 Å². The van der Waals surface area contributed by atoms with Crippen LogP contribution in [0, 0.1) is 5.92 Å². The zero-order valence-electron chi connectivity index (χ0n) is 11.5. The first-order valence-electron chi connectivity index (χ1n) is 6.73. The summed E-state index contributed by atoms with van der Waals surface area (Å²) >= 11 is 0. The molecule has 0 aliphatic heterocycles. The lowest BCUT2D eigenvalue weighted by molar-refractivity contribution is 0.160. The van der Waals surface area contributed by atoms with E-state index in [4.69, 9.17) is 10.5 Å². The predicted molar refractivity (Wildman–Crippen MR) is 80.2 cm³/mol. The maximum Gasteiger partial charge on any atom is 0.127 e. The minimum atomic E-state index is 0.0462. The summed E-state index contributed by atoms with van der Waals surface area (Å²) in [4.78, 5) is 0. The first kappa shape index (κ1) is 13.6. The topological polar surface area (TPSA) is 35.2 Å². The second-order valence-corrected chi connectivity index (χ2v) is 5.00. The maximum atomic E-state index is 6.09. The Hall–Kier alpha value is -1.80. The number of ether oxygens (including phenoxy) is 1. The molecule has 0 heterocycles. The molecule has 0 saturated carbocycles. The molecule has 2 aromatic rings. The lowest BCUT2D eigenvalue weighted by atomic mass is 10.0. The summed E-state index contributed by atoms with van der Waals surface area (Å²) in [5.41, 5.74) is 8.06. The average Bonchev–Trinajstić information content (AvgIpc) is 2.45. The Morgan fingerprint density at radius 2 is 1.58 bits per heavy atom. The van der Waals surface area contributed by atoms with Gasteiger partial charge < -0.3 is 10.5 Å². The number of hydrogen-bond acceptors (Lipinski definition) is 2. The van der Waals surface area contributed by atoms with E-state index in [2.05, 4.69) is 32.0 Å². The van der Waals surface area contributed by atoms with E-state index in [1.54, 1.807) is 0 Å². The molecular formula is C17H21NO. The second kappa shape index (κ2) is 6.39. The van der Waals surface area contributed by atoms with E-state index < -0.39 is 0 Å². The SMILES string of the molecule is CC(C)C(CN)Oc1ccccc1-c1ccccc1. The third-order valence-electron chi connectivity index (χ3n) is 3.23. The maximum absolute atomic E-state index is 6.09. The van der Waals surface area contributed by atoms with Gasteiger partial charge >= 0.3 is 0 Å². The Balaban J connectivity index is 2.32. The molecule has 0 spiro atoms. The van der Waals surface area contributed by atoms with Crippen molar-refractivity contribution in [3.8, 4) is 16.9 Å². The quantitative estimate of drug-likeness (QED) is 0.883. The molecule has 0 saturated heterocycles. The Kier molecular flexibility index (Phi) is 4.58. The Morgan fingerprint density at radius 3 is 2.21 bits per heavy atom. The fourth-order valence-corrected chi connectivity index (χ4v) is 2.05. The van der Waals surface area contributed by atoms with E-state index in [0.29, 0.717) is 12.5 Å². The molecule has 2 N–H and O–H groups in total. The van der Waals surface area contributed by atoms with Crippen LogP contribution < -0.4 is 10.5 Å². The summed E-state index contributed by atoms with van der Waals surface area (Å²) in [6.07, 6.45) is 0.0462. The first-order valence-corrected chi connectivity index (χ1v) is 6.73. The molecular weight excluding hydrogens is 234 g/mol. The monoisotopic (exact) mass is 255 g/mol. The van der Waals surface area contributed by atoms with Crippen molar-refractivity contribution in [2.24, 2.45) is 11.7 Å². The molecule has 0 fully saturated rings. The summed E-state index contributed by atoms with van der Waals surface area (Å²) in [6.45, 7) is 4.78. The smallest absolute Gasteiger partial charge is 0.127 e. The van der Waals surface area contributed by atoms with Crippen LogP contribution in [0.4, 0.5) is 0 Å². The van der Waals surface area contributed by atoms with Crippen molar-refractivity contribution in [3.05, 3.63) is 54.6 Å². The van der Waals surface area contributed by atoms with Gasteiger partial charge in [-0.2, -0.15) is 0 Å². The van der Waals surface area contributed by atoms with Crippen molar-refractivity contribution in [3.63, 3.8) is 0 Å². The van der Waals surface area contributed by atoms with Crippen molar-refractivity contribution in [2.45, 2.75) is 20.0 Å². The van der Waals surface area contributed by atoms with Gasteiger partial charge in [0.05, 0.1) is 0 Å². The van der Waals surface area contributed by atoms with Crippen LogP contribution in [0.3, 0.4) is 0 Å². The standard InChI is InChI=1S/C17H21NO/c1-13(2)17(12-18)19-16-11-7-6-10-15(16)14-8-4-3-5-9-14/h3-11,13,17H,12,18H2,1-2H3. The van der Waals surface area contributed by atoms with Crippen LogP contribution in [-0.4, -0.2) is 12.6 Å². The van der Waals surface area contributed by atoms with Crippen LogP contribution in [0.25, 0.3) is 11.1 Å². The normalized spacial score (nSPS) is 12.4.